The van der Waals surface area contributed by atoms with Crippen LogP contribution < -0.4 is 4.90 Å². The van der Waals surface area contributed by atoms with Crippen molar-refractivity contribution in [1.29, 1.82) is 0 Å². The summed E-state index contributed by atoms with van der Waals surface area (Å²) in [5, 5.41) is 4.80. The van der Waals surface area contributed by atoms with E-state index in [-0.39, 0.29) is 11.5 Å². The van der Waals surface area contributed by atoms with Gasteiger partial charge in [-0.05, 0) is 125 Å². The Morgan fingerprint density at radius 3 is 2.39 bits per heavy atom. The summed E-state index contributed by atoms with van der Waals surface area (Å²) in [6.07, 6.45) is 24.7. The number of furan rings is 1. The van der Waals surface area contributed by atoms with Crippen molar-refractivity contribution in [2.75, 3.05) is 4.90 Å². The van der Waals surface area contributed by atoms with Crippen molar-refractivity contribution in [1.82, 2.24) is 0 Å². The quantitative estimate of drug-likeness (QED) is 0.171. The van der Waals surface area contributed by atoms with Gasteiger partial charge >= 0.3 is 0 Å². The first-order valence-corrected chi connectivity index (χ1v) is 18.8. The molecular weight excluding hydrogens is 619 g/mol. The van der Waals surface area contributed by atoms with Crippen molar-refractivity contribution >= 4 is 49.7 Å². The monoisotopic (exact) mass is 661 g/mol. The zero-order valence-corrected chi connectivity index (χ0v) is 29.5. The summed E-state index contributed by atoms with van der Waals surface area (Å²) < 4.78 is 6.91. The molecule has 4 aliphatic carbocycles. The van der Waals surface area contributed by atoms with E-state index >= 15 is 0 Å². The molecule has 0 N–H and O–H groups in total. The molecule has 10 rings (SSSR count). The highest BCUT2D eigenvalue weighted by atomic mass is 16.3. The Morgan fingerprint density at radius 1 is 0.686 bits per heavy atom. The summed E-state index contributed by atoms with van der Waals surface area (Å²) >= 11 is 0. The van der Waals surface area contributed by atoms with Gasteiger partial charge in [0.2, 0.25) is 0 Å². The first-order valence-electron chi connectivity index (χ1n) is 18.8. The first-order chi connectivity index (χ1) is 25.0. The van der Waals surface area contributed by atoms with Gasteiger partial charge in [0.15, 0.2) is 0 Å². The maximum atomic E-state index is 6.91. The molecule has 6 aromatic rings. The molecule has 2 nitrogen and oxygen atoms in total. The molecule has 0 bridgehead atoms. The number of anilines is 2. The van der Waals surface area contributed by atoms with E-state index in [0.29, 0.717) is 11.8 Å². The van der Waals surface area contributed by atoms with E-state index in [1.54, 1.807) is 0 Å². The maximum Gasteiger partial charge on any atom is 0.143 e. The van der Waals surface area contributed by atoms with Gasteiger partial charge in [0.05, 0.1) is 6.04 Å². The minimum absolute atomic E-state index is 0.0251. The SMILES string of the molecule is CC1(C)C2=CCCC=C2c2ccc(-c3c4ccccc4cc4c3oc3ccc(N(c5ccccc5)C5C=CC(C6C=CC=CC6)CC5)cc34)cc21. The third-order valence-electron chi connectivity index (χ3n) is 12.1. The molecule has 0 radical (unpaired) electrons. The van der Waals surface area contributed by atoms with Gasteiger partial charge in [-0.15, -0.1) is 0 Å². The van der Waals surface area contributed by atoms with Crippen molar-refractivity contribution < 1.29 is 4.42 Å². The summed E-state index contributed by atoms with van der Waals surface area (Å²) in [5.41, 5.74) is 12.4. The lowest BCUT2D eigenvalue weighted by molar-refractivity contribution is 0.406. The molecule has 51 heavy (non-hydrogen) atoms. The van der Waals surface area contributed by atoms with Crippen molar-refractivity contribution in [3.8, 4) is 11.1 Å². The van der Waals surface area contributed by atoms with Crippen molar-refractivity contribution in [2.45, 2.75) is 57.4 Å². The van der Waals surface area contributed by atoms with Crippen LogP contribution in [0.25, 0.3) is 49.4 Å². The zero-order chi connectivity index (χ0) is 34.1. The molecular formula is C49H43NO. The Kier molecular flexibility index (Phi) is 7.10. The molecule has 3 atom stereocenters. The smallest absolute Gasteiger partial charge is 0.143 e. The number of fused-ring (bicyclic) bond motifs is 7. The van der Waals surface area contributed by atoms with Crippen LogP contribution in [0.15, 0.2) is 156 Å². The van der Waals surface area contributed by atoms with Crippen LogP contribution in [-0.2, 0) is 5.41 Å². The zero-order valence-electron chi connectivity index (χ0n) is 29.5. The molecule has 0 saturated carbocycles. The summed E-state index contributed by atoms with van der Waals surface area (Å²) in [4.78, 5) is 2.54. The molecule has 0 aliphatic heterocycles. The second-order valence-corrected chi connectivity index (χ2v) is 15.4. The third kappa shape index (κ3) is 4.91. The number of hydrogen-bond acceptors (Lipinski definition) is 2. The molecule has 1 aromatic heterocycles. The number of hydrogen-bond donors (Lipinski definition) is 0. The molecule has 5 aromatic carbocycles. The van der Waals surface area contributed by atoms with Gasteiger partial charge in [0.25, 0.3) is 0 Å². The molecule has 0 saturated heterocycles. The fraction of sp³-hybridized carbons (Fsp3) is 0.224. The van der Waals surface area contributed by atoms with Crippen LogP contribution in [0.5, 0.6) is 0 Å². The number of benzene rings is 5. The van der Waals surface area contributed by atoms with E-state index in [1.165, 1.54) is 67.4 Å². The van der Waals surface area contributed by atoms with Crippen molar-refractivity contribution in [3.63, 3.8) is 0 Å². The fourth-order valence-corrected chi connectivity index (χ4v) is 9.55. The fourth-order valence-electron chi connectivity index (χ4n) is 9.55. The summed E-state index contributed by atoms with van der Waals surface area (Å²) in [5.74, 6) is 1.19. The minimum Gasteiger partial charge on any atom is -0.455 e. The molecule has 2 heteroatoms. The van der Waals surface area contributed by atoms with Gasteiger partial charge in [-0.2, -0.15) is 0 Å². The van der Waals surface area contributed by atoms with Gasteiger partial charge in [0, 0.05) is 33.1 Å². The number of nitrogens with zero attached hydrogens (tertiary/aromatic N) is 1. The lowest BCUT2D eigenvalue weighted by atomic mass is 9.79. The van der Waals surface area contributed by atoms with Crippen molar-refractivity contribution in [2.24, 2.45) is 11.8 Å². The van der Waals surface area contributed by atoms with Gasteiger partial charge in [-0.25, -0.2) is 0 Å². The average Bonchev–Trinajstić information content (AvgIpc) is 3.66. The Bertz CT molecular complexity index is 2500. The highest BCUT2D eigenvalue weighted by Crippen LogP contribution is 2.53. The van der Waals surface area contributed by atoms with Gasteiger partial charge in [-0.3, -0.25) is 0 Å². The molecule has 0 spiro atoms. The molecule has 250 valence electrons. The Hall–Kier alpha value is -5.34. The van der Waals surface area contributed by atoms with Gasteiger partial charge in [0.1, 0.15) is 11.2 Å². The topological polar surface area (TPSA) is 16.4 Å². The molecule has 1 heterocycles. The average molecular weight is 662 g/mol. The summed E-state index contributed by atoms with van der Waals surface area (Å²) in [6.45, 7) is 4.78. The molecule has 0 amide bonds. The number of allylic oxidation sites excluding steroid dienone is 9. The lowest BCUT2D eigenvalue weighted by Gasteiger charge is -2.36. The van der Waals surface area contributed by atoms with Gasteiger partial charge in [-0.1, -0.05) is 117 Å². The highest BCUT2D eigenvalue weighted by Gasteiger charge is 2.39. The van der Waals surface area contributed by atoms with E-state index in [2.05, 4.69) is 164 Å². The van der Waals surface area contributed by atoms with E-state index < -0.39 is 0 Å². The van der Waals surface area contributed by atoms with Crippen LogP contribution in [0.4, 0.5) is 11.4 Å². The summed E-state index contributed by atoms with van der Waals surface area (Å²) in [6, 6.07) is 36.3. The Balaban J connectivity index is 1.12. The second kappa shape index (κ2) is 11.9. The normalized spacial score (nSPS) is 21.9. The van der Waals surface area contributed by atoms with Crippen LogP contribution in [0.3, 0.4) is 0 Å². The standard InChI is InChI=1S/C49H43NO/c1-49(2)44-20-12-11-19-40(44)41-27-23-35(30-45(41)49)47-39-18-10-9-15-34(39)29-43-42-31-38(26-28-46(42)51-48(43)47)50(36-16-7-4-8-17-36)37-24-21-33(22-25-37)32-13-5-3-6-14-32/h3-10,13,15-21,23-24,26-33,37H,11-12,14,22,25H2,1-2H3. The van der Waals surface area contributed by atoms with Crippen molar-refractivity contribution in [3.05, 3.63) is 162 Å². The molecule has 4 aliphatic rings. The molecule has 3 unspecified atom stereocenters. The van der Waals surface area contributed by atoms with E-state index in [0.717, 1.165) is 42.2 Å². The Morgan fingerprint density at radius 2 is 1.55 bits per heavy atom. The van der Waals surface area contributed by atoms with Gasteiger partial charge < -0.3 is 9.32 Å². The van der Waals surface area contributed by atoms with Crippen LogP contribution in [0.2, 0.25) is 0 Å². The van der Waals surface area contributed by atoms with Crippen LogP contribution in [0.1, 0.15) is 57.1 Å². The van der Waals surface area contributed by atoms with E-state index in [4.69, 9.17) is 4.42 Å². The number of para-hydroxylation sites is 1. The number of rotatable bonds is 5. The predicted octanol–water partition coefficient (Wildman–Crippen LogP) is 13.4. The summed E-state index contributed by atoms with van der Waals surface area (Å²) in [7, 11) is 0. The Labute approximate surface area is 300 Å². The third-order valence-corrected chi connectivity index (χ3v) is 12.1. The van der Waals surface area contributed by atoms with Crippen LogP contribution >= 0.6 is 0 Å². The highest BCUT2D eigenvalue weighted by molar-refractivity contribution is 6.19. The van der Waals surface area contributed by atoms with E-state index in [9.17, 15) is 0 Å². The largest absolute Gasteiger partial charge is 0.455 e. The second-order valence-electron chi connectivity index (χ2n) is 15.4. The minimum atomic E-state index is -0.0251. The van der Waals surface area contributed by atoms with E-state index in [1.807, 2.05) is 0 Å². The van der Waals surface area contributed by atoms with Crippen LogP contribution in [-0.4, -0.2) is 6.04 Å². The first kappa shape index (κ1) is 30.5. The van der Waals surface area contributed by atoms with Crippen LogP contribution in [0, 0.1) is 11.8 Å². The molecule has 0 fully saturated rings. The predicted molar refractivity (Wildman–Crippen MR) is 216 cm³/mol. The lowest BCUT2D eigenvalue weighted by Crippen LogP contribution is -2.33. The maximum absolute atomic E-state index is 6.91.